The minimum absolute atomic E-state index is 0.168. The smallest absolute Gasteiger partial charge is 0.234 e. The van der Waals surface area contributed by atoms with Crippen LogP contribution >= 0.6 is 0 Å². The van der Waals surface area contributed by atoms with Gasteiger partial charge in [-0.25, -0.2) is 0 Å². The Balaban J connectivity index is 2.33. The van der Waals surface area contributed by atoms with E-state index in [1.807, 2.05) is 7.05 Å². The van der Waals surface area contributed by atoms with E-state index in [0.29, 0.717) is 18.5 Å². The number of likely N-dealkylation sites (tertiary alicyclic amines) is 1. The lowest BCUT2D eigenvalue weighted by Gasteiger charge is -2.35. The zero-order valence-corrected chi connectivity index (χ0v) is 11.5. The third kappa shape index (κ3) is 5.50. The minimum Gasteiger partial charge on any atom is -0.355 e. The number of nitrogens with one attached hydrogen (secondary N) is 2. The van der Waals surface area contributed by atoms with Crippen molar-refractivity contribution in [1.82, 2.24) is 15.5 Å². The first-order chi connectivity index (χ1) is 8.13. The van der Waals surface area contributed by atoms with Gasteiger partial charge in [0, 0.05) is 19.1 Å². The predicted octanol–water partition coefficient (Wildman–Crippen LogP) is 0.833. The van der Waals surface area contributed by atoms with Crippen molar-refractivity contribution in [3.05, 3.63) is 0 Å². The molecule has 1 amide bonds. The van der Waals surface area contributed by atoms with Gasteiger partial charge in [-0.2, -0.15) is 0 Å². The summed E-state index contributed by atoms with van der Waals surface area (Å²) in [6.07, 6.45) is 3.71. The van der Waals surface area contributed by atoms with Gasteiger partial charge in [0.2, 0.25) is 5.91 Å². The number of carbonyl (C=O) groups excluding carboxylic acids is 1. The lowest BCUT2D eigenvalue weighted by atomic mass is 10.0. The van der Waals surface area contributed by atoms with Crippen LogP contribution in [0.15, 0.2) is 0 Å². The summed E-state index contributed by atoms with van der Waals surface area (Å²) in [7, 11) is 1.98. The summed E-state index contributed by atoms with van der Waals surface area (Å²) < 4.78 is 0. The summed E-state index contributed by atoms with van der Waals surface area (Å²) in [5.74, 6) is 0.690. The fraction of sp³-hybridized carbons (Fsp3) is 0.923. The zero-order valence-electron chi connectivity index (χ0n) is 11.5. The van der Waals surface area contributed by atoms with E-state index >= 15 is 0 Å². The zero-order chi connectivity index (χ0) is 12.7. The molecule has 0 spiro atoms. The molecule has 1 aliphatic rings. The summed E-state index contributed by atoms with van der Waals surface area (Å²) >= 11 is 0. The monoisotopic (exact) mass is 241 g/mol. The molecule has 17 heavy (non-hydrogen) atoms. The van der Waals surface area contributed by atoms with Gasteiger partial charge in [0.1, 0.15) is 0 Å². The molecule has 4 heteroatoms. The summed E-state index contributed by atoms with van der Waals surface area (Å²) in [5, 5.41) is 6.21. The quantitative estimate of drug-likeness (QED) is 0.724. The largest absolute Gasteiger partial charge is 0.355 e. The summed E-state index contributed by atoms with van der Waals surface area (Å²) in [4.78, 5) is 14.1. The average molecular weight is 241 g/mol. The number of nitrogens with zero attached hydrogens (tertiary/aromatic N) is 1. The molecule has 1 aliphatic heterocycles. The number of rotatable bonds is 6. The Kier molecular flexibility index (Phi) is 6.52. The molecule has 1 rings (SSSR count). The van der Waals surface area contributed by atoms with Crippen LogP contribution in [0.2, 0.25) is 0 Å². The van der Waals surface area contributed by atoms with Crippen LogP contribution in [-0.2, 0) is 4.79 Å². The van der Waals surface area contributed by atoms with Gasteiger partial charge in [-0.15, -0.1) is 0 Å². The molecular weight excluding hydrogens is 214 g/mol. The highest BCUT2D eigenvalue weighted by Gasteiger charge is 2.23. The first-order valence-electron chi connectivity index (χ1n) is 6.78. The molecule has 1 saturated heterocycles. The molecule has 1 unspecified atom stereocenters. The normalized spacial score (nSPS) is 21.8. The van der Waals surface area contributed by atoms with Crippen molar-refractivity contribution in [2.75, 3.05) is 33.2 Å². The maximum absolute atomic E-state index is 11.8. The van der Waals surface area contributed by atoms with E-state index in [4.69, 9.17) is 0 Å². The van der Waals surface area contributed by atoms with E-state index in [1.54, 1.807) is 0 Å². The van der Waals surface area contributed by atoms with Gasteiger partial charge in [-0.1, -0.05) is 20.3 Å². The molecule has 0 aromatic rings. The van der Waals surface area contributed by atoms with Crippen LogP contribution in [0, 0.1) is 5.92 Å². The second-order valence-corrected chi connectivity index (χ2v) is 5.38. The highest BCUT2D eigenvalue weighted by Crippen LogP contribution is 2.15. The molecule has 0 aliphatic carbocycles. The lowest BCUT2D eigenvalue weighted by molar-refractivity contribution is -0.123. The van der Waals surface area contributed by atoms with Gasteiger partial charge in [0.15, 0.2) is 0 Å². The van der Waals surface area contributed by atoms with Crippen molar-refractivity contribution in [3.63, 3.8) is 0 Å². The van der Waals surface area contributed by atoms with Crippen molar-refractivity contribution in [2.45, 2.75) is 39.2 Å². The van der Waals surface area contributed by atoms with Crippen molar-refractivity contribution >= 4 is 5.91 Å². The number of hydrogen-bond donors (Lipinski definition) is 2. The van der Waals surface area contributed by atoms with E-state index in [2.05, 4.69) is 29.4 Å². The maximum Gasteiger partial charge on any atom is 0.234 e. The molecule has 4 nitrogen and oxygen atoms in total. The topological polar surface area (TPSA) is 44.4 Å². The van der Waals surface area contributed by atoms with Gasteiger partial charge in [-0.3, -0.25) is 9.69 Å². The molecule has 100 valence electrons. The fourth-order valence-electron chi connectivity index (χ4n) is 2.29. The number of piperidine rings is 1. The predicted molar refractivity (Wildman–Crippen MR) is 71.0 cm³/mol. The Labute approximate surface area is 105 Å². The Morgan fingerprint density at radius 3 is 2.82 bits per heavy atom. The molecule has 0 aromatic heterocycles. The molecule has 0 bridgehead atoms. The van der Waals surface area contributed by atoms with E-state index in [0.717, 1.165) is 19.6 Å². The van der Waals surface area contributed by atoms with Crippen molar-refractivity contribution < 1.29 is 4.79 Å². The number of amides is 1. The number of likely N-dealkylation sites (N-methyl/N-ethyl adjacent to an activating group) is 1. The maximum atomic E-state index is 11.8. The van der Waals surface area contributed by atoms with Gasteiger partial charge in [0.05, 0.1) is 6.54 Å². The van der Waals surface area contributed by atoms with E-state index in [-0.39, 0.29) is 5.91 Å². The third-order valence-corrected chi connectivity index (χ3v) is 3.24. The van der Waals surface area contributed by atoms with Crippen LogP contribution < -0.4 is 10.6 Å². The third-order valence-electron chi connectivity index (χ3n) is 3.24. The van der Waals surface area contributed by atoms with Gasteiger partial charge >= 0.3 is 0 Å². The Morgan fingerprint density at radius 2 is 2.18 bits per heavy atom. The number of hydrogen-bond acceptors (Lipinski definition) is 3. The summed E-state index contributed by atoms with van der Waals surface area (Å²) in [6, 6.07) is 0.526. The van der Waals surface area contributed by atoms with E-state index in [9.17, 15) is 4.79 Å². The molecule has 0 radical (unpaired) electrons. The Morgan fingerprint density at radius 1 is 1.41 bits per heavy atom. The molecule has 1 heterocycles. The molecule has 1 atom stereocenters. The molecular formula is C13H27N3O. The van der Waals surface area contributed by atoms with Crippen LogP contribution in [0.3, 0.4) is 0 Å². The van der Waals surface area contributed by atoms with Crippen LogP contribution in [0.25, 0.3) is 0 Å². The van der Waals surface area contributed by atoms with E-state index < -0.39 is 0 Å². The van der Waals surface area contributed by atoms with Crippen LogP contribution in [0.5, 0.6) is 0 Å². The molecule has 2 N–H and O–H groups in total. The van der Waals surface area contributed by atoms with Crippen LogP contribution in [0.1, 0.15) is 33.1 Å². The summed E-state index contributed by atoms with van der Waals surface area (Å²) in [6.45, 7) is 7.61. The standard InChI is InChI=1S/C13H27N3O/c1-11(2)8-15-13(17)10-16-7-5-4-6-12(16)9-14-3/h11-12,14H,4-10H2,1-3H3,(H,15,17). The first kappa shape index (κ1) is 14.5. The second kappa shape index (κ2) is 7.67. The molecule has 0 aromatic carbocycles. The van der Waals surface area contributed by atoms with Crippen molar-refractivity contribution in [1.29, 1.82) is 0 Å². The highest BCUT2D eigenvalue weighted by atomic mass is 16.2. The second-order valence-electron chi connectivity index (χ2n) is 5.38. The van der Waals surface area contributed by atoms with Gasteiger partial charge in [0.25, 0.3) is 0 Å². The Bertz CT molecular complexity index is 229. The van der Waals surface area contributed by atoms with Gasteiger partial charge in [-0.05, 0) is 32.4 Å². The van der Waals surface area contributed by atoms with Crippen LogP contribution in [-0.4, -0.2) is 50.1 Å². The van der Waals surface area contributed by atoms with Crippen LogP contribution in [0.4, 0.5) is 0 Å². The van der Waals surface area contributed by atoms with Crippen molar-refractivity contribution in [2.24, 2.45) is 5.92 Å². The Hall–Kier alpha value is -0.610. The molecule has 0 saturated carbocycles. The minimum atomic E-state index is 0.168. The average Bonchev–Trinajstić information content (AvgIpc) is 2.29. The first-order valence-corrected chi connectivity index (χ1v) is 6.78. The van der Waals surface area contributed by atoms with E-state index in [1.165, 1.54) is 19.3 Å². The van der Waals surface area contributed by atoms with Gasteiger partial charge < -0.3 is 10.6 Å². The number of carbonyl (C=O) groups is 1. The SMILES string of the molecule is CNCC1CCCCN1CC(=O)NCC(C)C. The lowest BCUT2D eigenvalue weighted by Crippen LogP contribution is -2.49. The highest BCUT2D eigenvalue weighted by molar-refractivity contribution is 5.78. The molecule has 1 fully saturated rings. The summed E-state index contributed by atoms with van der Waals surface area (Å²) in [5.41, 5.74) is 0. The fourth-order valence-corrected chi connectivity index (χ4v) is 2.29. The van der Waals surface area contributed by atoms with Crippen molar-refractivity contribution in [3.8, 4) is 0 Å².